The molecule has 0 saturated carbocycles. The first kappa shape index (κ1) is 17.4. The maximum absolute atomic E-state index is 14.3. The molecule has 0 radical (unpaired) electrons. The Kier molecular flexibility index (Phi) is 6.10. The van der Waals surface area contributed by atoms with Crippen molar-refractivity contribution < 1.29 is 19.1 Å². The lowest BCUT2D eigenvalue weighted by Gasteiger charge is -2.24. The van der Waals surface area contributed by atoms with E-state index >= 15 is 0 Å². The molecule has 0 saturated heterocycles. The van der Waals surface area contributed by atoms with Crippen LogP contribution < -0.4 is 5.32 Å². The van der Waals surface area contributed by atoms with Gasteiger partial charge in [0.1, 0.15) is 5.82 Å². The maximum Gasteiger partial charge on any atom is 0.256 e. The van der Waals surface area contributed by atoms with Gasteiger partial charge in [0, 0.05) is 25.2 Å². The third-order valence-electron chi connectivity index (χ3n) is 4.01. The van der Waals surface area contributed by atoms with Gasteiger partial charge in [0.2, 0.25) is 5.91 Å². The highest BCUT2D eigenvalue weighted by molar-refractivity contribution is 5.98. The Hall–Kier alpha value is -1.95. The molecule has 0 aliphatic carbocycles. The van der Waals surface area contributed by atoms with Crippen molar-refractivity contribution in [2.45, 2.75) is 39.0 Å². The largest absolute Gasteiger partial charge is 0.395 e. The molecule has 1 aromatic rings. The number of aliphatic hydroxyl groups excluding tert-OH is 1. The molecule has 6 heteroatoms. The molecule has 23 heavy (non-hydrogen) atoms. The van der Waals surface area contributed by atoms with Crippen LogP contribution in [0.15, 0.2) is 12.1 Å². The number of aryl methyl sites for hydroxylation is 1. The molecule has 5 nitrogen and oxygen atoms in total. The Morgan fingerprint density at radius 2 is 2.09 bits per heavy atom. The van der Waals surface area contributed by atoms with E-state index in [4.69, 9.17) is 5.11 Å². The van der Waals surface area contributed by atoms with E-state index < -0.39 is 11.7 Å². The van der Waals surface area contributed by atoms with Crippen LogP contribution in [0.5, 0.6) is 0 Å². The summed E-state index contributed by atoms with van der Waals surface area (Å²) in [5.41, 5.74) is 1.21. The van der Waals surface area contributed by atoms with Crippen LogP contribution in [0, 0.1) is 5.82 Å². The minimum atomic E-state index is -0.644. The molecule has 1 aliphatic rings. The minimum absolute atomic E-state index is 0.00449. The van der Waals surface area contributed by atoms with Gasteiger partial charge < -0.3 is 15.3 Å². The molecule has 0 aromatic heterocycles. The molecule has 2 N–H and O–H groups in total. The van der Waals surface area contributed by atoms with E-state index in [0.717, 1.165) is 24.8 Å². The first-order chi connectivity index (χ1) is 11.1. The Balaban J connectivity index is 2.21. The highest BCUT2D eigenvalue weighted by Gasteiger charge is 2.23. The number of hydrogen-bond donors (Lipinski definition) is 2. The second-order valence-corrected chi connectivity index (χ2v) is 5.76. The molecule has 0 bridgehead atoms. The predicted octanol–water partition coefficient (Wildman–Crippen LogP) is 2.34. The van der Waals surface area contributed by atoms with E-state index in [1.807, 2.05) is 0 Å². The lowest BCUT2D eigenvalue weighted by Crippen LogP contribution is -2.35. The van der Waals surface area contributed by atoms with Crippen molar-refractivity contribution >= 4 is 17.5 Å². The molecule has 0 fully saturated rings. The fraction of sp³-hybridized carbons (Fsp3) is 0.529. The van der Waals surface area contributed by atoms with E-state index in [1.54, 1.807) is 0 Å². The number of hydrogen-bond acceptors (Lipinski definition) is 3. The zero-order valence-corrected chi connectivity index (χ0v) is 13.4. The van der Waals surface area contributed by atoms with Crippen LogP contribution >= 0.6 is 0 Å². The van der Waals surface area contributed by atoms with Crippen molar-refractivity contribution in [1.29, 1.82) is 0 Å². The lowest BCUT2D eigenvalue weighted by molar-refractivity contribution is -0.116. The summed E-state index contributed by atoms with van der Waals surface area (Å²) in [6.45, 7) is 2.60. The summed E-state index contributed by atoms with van der Waals surface area (Å²) >= 11 is 0. The number of anilines is 1. The van der Waals surface area contributed by atoms with E-state index in [0.29, 0.717) is 25.1 Å². The number of halogens is 1. The molecule has 2 rings (SSSR count). The van der Waals surface area contributed by atoms with Crippen molar-refractivity contribution in [3.63, 3.8) is 0 Å². The second kappa shape index (κ2) is 8.06. The molecule has 1 aliphatic heterocycles. The smallest absolute Gasteiger partial charge is 0.256 e. The van der Waals surface area contributed by atoms with Gasteiger partial charge in [-0.1, -0.05) is 19.8 Å². The maximum atomic E-state index is 14.3. The number of fused-ring (bicyclic) bond motifs is 1. The minimum Gasteiger partial charge on any atom is -0.395 e. The summed E-state index contributed by atoms with van der Waals surface area (Å²) in [6, 6.07) is 2.74. The summed E-state index contributed by atoms with van der Waals surface area (Å²) < 4.78 is 14.3. The summed E-state index contributed by atoms with van der Waals surface area (Å²) in [5.74, 6) is -1.20. The number of benzene rings is 1. The number of rotatable bonds is 7. The average Bonchev–Trinajstić information content (AvgIpc) is 2.53. The number of nitrogens with zero attached hydrogens (tertiary/aromatic N) is 1. The van der Waals surface area contributed by atoms with Crippen molar-refractivity contribution in [2.24, 2.45) is 0 Å². The summed E-state index contributed by atoms with van der Waals surface area (Å²) in [7, 11) is 0. The number of nitrogens with one attached hydrogen (secondary N) is 1. The SMILES string of the molecule is CCCCCN(CCO)C(=O)c1cc2c(cc1F)NC(=O)CC2. The van der Waals surface area contributed by atoms with Gasteiger partial charge in [-0.05, 0) is 30.5 Å². The summed E-state index contributed by atoms with van der Waals surface area (Å²) in [6.07, 6.45) is 3.66. The molecule has 0 atom stereocenters. The average molecular weight is 322 g/mol. The summed E-state index contributed by atoms with van der Waals surface area (Å²) in [4.78, 5) is 25.4. The number of aliphatic hydroxyl groups is 1. The van der Waals surface area contributed by atoms with Crippen LogP contribution in [-0.2, 0) is 11.2 Å². The number of amides is 2. The van der Waals surface area contributed by atoms with Gasteiger partial charge in [-0.3, -0.25) is 9.59 Å². The highest BCUT2D eigenvalue weighted by Crippen LogP contribution is 2.26. The molecule has 2 amide bonds. The first-order valence-corrected chi connectivity index (χ1v) is 8.09. The number of carbonyl (C=O) groups is 2. The lowest BCUT2D eigenvalue weighted by atomic mass is 9.99. The third kappa shape index (κ3) is 4.28. The van der Waals surface area contributed by atoms with Crippen molar-refractivity contribution in [1.82, 2.24) is 4.90 Å². The van der Waals surface area contributed by atoms with Gasteiger partial charge in [-0.25, -0.2) is 4.39 Å². The van der Waals surface area contributed by atoms with Crippen molar-refractivity contribution in [3.05, 3.63) is 29.1 Å². The Morgan fingerprint density at radius 1 is 1.30 bits per heavy atom. The fourth-order valence-electron chi connectivity index (χ4n) is 2.72. The molecule has 1 heterocycles. The van der Waals surface area contributed by atoms with Crippen LogP contribution in [0.3, 0.4) is 0 Å². The van der Waals surface area contributed by atoms with Gasteiger partial charge >= 0.3 is 0 Å². The van der Waals surface area contributed by atoms with E-state index in [1.165, 1.54) is 17.0 Å². The van der Waals surface area contributed by atoms with Crippen LogP contribution in [0.1, 0.15) is 48.5 Å². The van der Waals surface area contributed by atoms with Crippen LogP contribution in [0.25, 0.3) is 0 Å². The van der Waals surface area contributed by atoms with Gasteiger partial charge in [-0.15, -0.1) is 0 Å². The van der Waals surface area contributed by atoms with Gasteiger partial charge in [0.25, 0.3) is 5.91 Å². The second-order valence-electron chi connectivity index (χ2n) is 5.76. The van der Waals surface area contributed by atoms with Gasteiger partial charge in [-0.2, -0.15) is 0 Å². The number of unbranched alkanes of at least 4 members (excludes halogenated alkanes) is 2. The van der Waals surface area contributed by atoms with Crippen LogP contribution in [-0.4, -0.2) is 41.5 Å². The Morgan fingerprint density at radius 3 is 2.78 bits per heavy atom. The Bertz CT molecular complexity index is 589. The normalized spacial score (nSPS) is 13.4. The van der Waals surface area contributed by atoms with Gasteiger partial charge in [0.05, 0.1) is 12.2 Å². The van der Waals surface area contributed by atoms with Crippen molar-refractivity contribution in [2.75, 3.05) is 25.0 Å². The predicted molar refractivity (Wildman–Crippen MR) is 85.9 cm³/mol. The topological polar surface area (TPSA) is 69.6 Å². The van der Waals surface area contributed by atoms with E-state index in [2.05, 4.69) is 12.2 Å². The van der Waals surface area contributed by atoms with E-state index in [9.17, 15) is 14.0 Å². The molecule has 126 valence electrons. The van der Waals surface area contributed by atoms with Crippen LogP contribution in [0.4, 0.5) is 10.1 Å². The zero-order chi connectivity index (χ0) is 16.8. The zero-order valence-electron chi connectivity index (χ0n) is 13.4. The monoisotopic (exact) mass is 322 g/mol. The van der Waals surface area contributed by atoms with Crippen molar-refractivity contribution in [3.8, 4) is 0 Å². The standard InChI is InChI=1S/C17H23FN2O3/c1-2-3-4-7-20(8-9-21)17(23)13-10-12-5-6-16(22)19-15(12)11-14(13)18/h10-11,21H,2-9H2,1H3,(H,19,22). The summed E-state index contributed by atoms with van der Waals surface area (Å²) in [5, 5.41) is 11.8. The molecule has 0 unspecified atom stereocenters. The van der Waals surface area contributed by atoms with Gasteiger partial charge in [0.15, 0.2) is 0 Å². The quantitative estimate of drug-likeness (QED) is 0.757. The molecule has 0 spiro atoms. The van der Waals surface area contributed by atoms with Crippen LogP contribution in [0.2, 0.25) is 0 Å². The number of carbonyl (C=O) groups excluding carboxylic acids is 2. The highest BCUT2D eigenvalue weighted by atomic mass is 19.1. The van der Waals surface area contributed by atoms with E-state index in [-0.39, 0.29) is 24.6 Å². The third-order valence-corrected chi connectivity index (χ3v) is 4.01. The Labute approximate surface area is 135 Å². The molecular weight excluding hydrogens is 299 g/mol. The molecule has 1 aromatic carbocycles. The first-order valence-electron chi connectivity index (χ1n) is 8.09. The molecular formula is C17H23FN2O3. The fourth-order valence-corrected chi connectivity index (χ4v) is 2.72.